The Hall–Kier alpha value is -1.18. The van der Waals surface area contributed by atoms with Crippen molar-refractivity contribution in [2.24, 2.45) is 0 Å². The molecule has 2 nitrogen and oxygen atoms in total. The SMILES string of the molecule is Nc1ccccc1.[N-]=C=S. The summed E-state index contributed by atoms with van der Waals surface area (Å²) in [7, 11) is 0. The van der Waals surface area contributed by atoms with E-state index < -0.39 is 0 Å². The number of nitrogens with zero attached hydrogens (tertiary/aromatic N) is 1. The van der Waals surface area contributed by atoms with Gasteiger partial charge < -0.3 is 11.1 Å². The highest BCUT2D eigenvalue weighted by Gasteiger charge is 1.72. The van der Waals surface area contributed by atoms with Gasteiger partial charge in [0.2, 0.25) is 0 Å². The van der Waals surface area contributed by atoms with Crippen molar-refractivity contribution in [3.63, 3.8) is 0 Å². The van der Waals surface area contributed by atoms with Crippen LogP contribution in [-0.4, -0.2) is 5.16 Å². The smallest absolute Gasteiger partial charge is 0.0313 e. The van der Waals surface area contributed by atoms with Crippen molar-refractivity contribution in [3.8, 4) is 0 Å². The van der Waals surface area contributed by atoms with Crippen LogP contribution in [0.5, 0.6) is 0 Å². The maximum Gasteiger partial charge on any atom is 0.0313 e. The quantitative estimate of drug-likeness (QED) is 0.350. The summed E-state index contributed by atoms with van der Waals surface area (Å²) in [6.07, 6.45) is 0. The van der Waals surface area contributed by atoms with Crippen LogP contribution in [0.3, 0.4) is 0 Å². The van der Waals surface area contributed by atoms with E-state index in [9.17, 15) is 0 Å². The van der Waals surface area contributed by atoms with Crippen LogP contribution in [0.15, 0.2) is 30.3 Å². The number of hydrogen-bond acceptors (Lipinski definition) is 2. The minimum atomic E-state index is 0.822. The van der Waals surface area contributed by atoms with E-state index >= 15 is 0 Å². The standard InChI is InChI=1S/C6H7N.CNS/c7-6-4-2-1-3-5-6;2-1-3/h1-5H,7H2;/q;-1. The summed E-state index contributed by atoms with van der Waals surface area (Å²) >= 11 is 3.70. The van der Waals surface area contributed by atoms with E-state index in [1.54, 1.807) is 0 Å². The summed E-state index contributed by atoms with van der Waals surface area (Å²) in [5.41, 5.74) is 6.18. The van der Waals surface area contributed by atoms with Gasteiger partial charge in [-0.1, -0.05) is 30.4 Å². The van der Waals surface area contributed by atoms with E-state index in [0.29, 0.717) is 0 Å². The molecular formula is C7H7N2S-. The summed E-state index contributed by atoms with van der Waals surface area (Å²) in [6, 6.07) is 9.49. The molecular weight excluding hydrogens is 144 g/mol. The third-order valence-corrected chi connectivity index (χ3v) is 0.800. The lowest BCUT2D eigenvalue weighted by Crippen LogP contribution is -1.79. The highest BCUT2D eigenvalue weighted by Crippen LogP contribution is 1.95. The van der Waals surface area contributed by atoms with Crippen LogP contribution in [0.4, 0.5) is 5.69 Å². The first-order chi connectivity index (χ1) is 4.81. The predicted molar refractivity (Wildman–Crippen MR) is 46.8 cm³/mol. The van der Waals surface area contributed by atoms with E-state index in [1.807, 2.05) is 30.3 Å². The first-order valence-electron chi connectivity index (χ1n) is 2.63. The highest BCUT2D eigenvalue weighted by molar-refractivity contribution is 7.78. The number of nitrogens with two attached hydrogens (primary N) is 1. The molecule has 0 spiro atoms. The maximum atomic E-state index is 7.13. The van der Waals surface area contributed by atoms with Crippen LogP contribution in [0.1, 0.15) is 0 Å². The number of anilines is 1. The highest BCUT2D eigenvalue weighted by atomic mass is 32.1. The summed E-state index contributed by atoms with van der Waals surface area (Å²) in [5.74, 6) is 0. The molecule has 0 unspecified atom stereocenters. The van der Waals surface area contributed by atoms with Crippen LogP contribution in [0.25, 0.3) is 5.41 Å². The van der Waals surface area contributed by atoms with Crippen LogP contribution in [0.2, 0.25) is 0 Å². The Morgan fingerprint density at radius 3 is 1.90 bits per heavy atom. The molecule has 0 heterocycles. The Kier molecular flexibility index (Phi) is 5.25. The van der Waals surface area contributed by atoms with E-state index in [4.69, 9.17) is 11.1 Å². The summed E-state index contributed by atoms with van der Waals surface area (Å²) < 4.78 is 0. The Labute approximate surface area is 65.2 Å². The topological polar surface area (TPSA) is 48.3 Å². The molecule has 0 bridgehead atoms. The average molecular weight is 151 g/mol. The molecule has 0 fully saturated rings. The molecule has 0 saturated carbocycles. The first kappa shape index (κ1) is 8.82. The Balaban J connectivity index is 0.000000236. The van der Waals surface area contributed by atoms with E-state index in [1.165, 1.54) is 5.16 Å². The van der Waals surface area contributed by atoms with E-state index in [2.05, 4.69) is 12.2 Å². The Morgan fingerprint density at radius 2 is 1.70 bits per heavy atom. The maximum absolute atomic E-state index is 7.13. The zero-order chi connectivity index (χ0) is 7.82. The van der Waals surface area contributed by atoms with Crippen molar-refractivity contribution in [2.75, 3.05) is 5.73 Å². The molecule has 0 atom stereocenters. The van der Waals surface area contributed by atoms with Gasteiger partial charge in [-0.05, 0) is 12.1 Å². The first-order valence-corrected chi connectivity index (χ1v) is 3.04. The molecule has 52 valence electrons. The summed E-state index contributed by atoms with van der Waals surface area (Å²) in [4.78, 5) is 0. The monoisotopic (exact) mass is 151 g/mol. The van der Waals surface area contributed by atoms with Crippen molar-refractivity contribution in [3.05, 3.63) is 35.7 Å². The van der Waals surface area contributed by atoms with Gasteiger partial charge in [0.15, 0.2) is 0 Å². The number of isothiocyanates is 1. The van der Waals surface area contributed by atoms with Crippen molar-refractivity contribution in [1.82, 2.24) is 0 Å². The van der Waals surface area contributed by atoms with Gasteiger partial charge in [-0.2, -0.15) is 5.16 Å². The van der Waals surface area contributed by atoms with Crippen molar-refractivity contribution >= 4 is 23.1 Å². The average Bonchev–Trinajstić information content (AvgIpc) is 1.91. The Bertz CT molecular complexity index is 202. The van der Waals surface area contributed by atoms with Crippen LogP contribution >= 0.6 is 12.2 Å². The van der Waals surface area contributed by atoms with Gasteiger partial charge in [0.25, 0.3) is 0 Å². The fourth-order valence-electron chi connectivity index (χ4n) is 0.453. The number of rotatable bonds is 0. The van der Waals surface area contributed by atoms with Crippen LogP contribution in [0, 0.1) is 0 Å². The van der Waals surface area contributed by atoms with Gasteiger partial charge in [-0.15, -0.1) is 0 Å². The molecule has 2 N–H and O–H groups in total. The van der Waals surface area contributed by atoms with Crippen molar-refractivity contribution < 1.29 is 0 Å². The molecule has 0 saturated heterocycles. The third kappa shape index (κ3) is 4.97. The van der Waals surface area contributed by atoms with Gasteiger partial charge in [0.1, 0.15) is 0 Å². The second-order valence-electron chi connectivity index (χ2n) is 1.50. The normalized spacial score (nSPS) is 6.80. The van der Waals surface area contributed by atoms with Gasteiger partial charge in [-0.3, -0.25) is 0 Å². The second kappa shape index (κ2) is 5.95. The van der Waals surface area contributed by atoms with Crippen LogP contribution < -0.4 is 5.73 Å². The predicted octanol–water partition coefficient (Wildman–Crippen LogP) is 1.93. The number of benzene rings is 1. The fourth-order valence-corrected chi connectivity index (χ4v) is 0.453. The lowest BCUT2D eigenvalue weighted by Gasteiger charge is -1.83. The molecule has 1 aromatic carbocycles. The minimum Gasteiger partial charge on any atom is -0.753 e. The van der Waals surface area contributed by atoms with Gasteiger partial charge in [-0.25, -0.2) is 0 Å². The van der Waals surface area contributed by atoms with E-state index in [0.717, 1.165) is 5.69 Å². The van der Waals surface area contributed by atoms with Crippen LogP contribution in [-0.2, 0) is 0 Å². The lowest BCUT2D eigenvalue weighted by molar-refractivity contribution is 1.69. The molecule has 3 heteroatoms. The van der Waals surface area contributed by atoms with Gasteiger partial charge in [0.05, 0.1) is 0 Å². The number of hydrogen-bond donors (Lipinski definition) is 1. The molecule has 0 aliphatic heterocycles. The zero-order valence-corrected chi connectivity index (χ0v) is 6.14. The molecule has 0 aliphatic carbocycles. The second-order valence-corrected chi connectivity index (χ2v) is 1.68. The molecule has 0 amide bonds. The molecule has 0 radical (unpaired) electrons. The van der Waals surface area contributed by atoms with Gasteiger partial charge >= 0.3 is 0 Å². The molecule has 1 aromatic rings. The largest absolute Gasteiger partial charge is 0.753 e. The molecule has 1 rings (SSSR count). The molecule has 0 aromatic heterocycles. The number of para-hydroxylation sites is 1. The molecule has 10 heavy (non-hydrogen) atoms. The third-order valence-electron chi connectivity index (χ3n) is 0.800. The van der Waals surface area contributed by atoms with Gasteiger partial charge in [0, 0.05) is 5.69 Å². The zero-order valence-electron chi connectivity index (χ0n) is 5.32. The lowest BCUT2D eigenvalue weighted by atomic mass is 10.3. The number of thiocarbonyl (C=S) groups is 1. The Morgan fingerprint density at radius 1 is 1.30 bits per heavy atom. The fraction of sp³-hybridized carbons (Fsp3) is 0. The van der Waals surface area contributed by atoms with Crippen molar-refractivity contribution in [1.29, 1.82) is 0 Å². The summed E-state index contributed by atoms with van der Waals surface area (Å²) in [6.45, 7) is 0. The summed E-state index contributed by atoms with van der Waals surface area (Å²) in [5, 5.41) is 8.47. The van der Waals surface area contributed by atoms with E-state index in [-0.39, 0.29) is 0 Å². The minimum absolute atomic E-state index is 0.822. The number of nitrogen functional groups attached to an aromatic ring is 1. The van der Waals surface area contributed by atoms with Crippen molar-refractivity contribution in [2.45, 2.75) is 0 Å². The molecule has 0 aliphatic rings.